The molecule has 0 bridgehead atoms. The lowest BCUT2D eigenvalue weighted by atomic mass is 10.0. The molecule has 1 aliphatic carbocycles. The van der Waals surface area contributed by atoms with E-state index in [1.54, 1.807) is 24.3 Å². The van der Waals surface area contributed by atoms with Crippen LogP contribution in [0.4, 0.5) is 10.1 Å². The number of nitrogens with one attached hydrogen (secondary N) is 1. The molecule has 1 N–H and O–H groups in total. The highest BCUT2D eigenvalue weighted by Crippen LogP contribution is 2.34. The minimum Gasteiger partial charge on any atom is -0.497 e. The summed E-state index contributed by atoms with van der Waals surface area (Å²) >= 11 is 0. The Morgan fingerprint density at radius 2 is 1.63 bits per heavy atom. The Morgan fingerprint density at radius 3 is 2.23 bits per heavy atom. The summed E-state index contributed by atoms with van der Waals surface area (Å²) in [6, 6.07) is 18.7. The molecule has 1 fully saturated rings. The normalized spacial score (nSPS) is 14.1. The molecule has 0 aliphatic heterocycles. The Balaban J connectivity index is 1.76. The van der Waals surface area contributed by atoms with Crippen molar-refractivity contribution in [3.05, 3.63) is 89.7 Å². The second-order valence-corrected chi connectivity index (χ2v) is 12.6. The van der Waals surface area contributed by atoms with Crippen molar-refractivity contribution in [1.82, 2.24) is 10.2 Å². The number of anilines is 1. The van der Waals surface area contributed by atoms with E-state index in [9.17, 15) is 22.4 Å². The molecule has 0 heterocycles. The molecule has 0 saturated heterocycles. The van der Waals surface area contributed by atoms with Gasteiger partial charge in [-0.3, -0.25) is 13.9 Å². The lowest BCUT2D eigenvalue weighted by molar-refractivity contribution is -0.140. The van der Waals surface area contributed by atoms with Crippen molar-refractivity contribution < 1.29 is 31.9 Å². The molecule has 2 amide bonds. The average Bonchev–Trinajstić information content (AvgIpc) is 3.51. The van der Waals surface area contributed by atoms with Crippen LogP contribution < -0.4 is 19.1 Å². The first-order valence-corrected chi connectivity index (χ1v) is 16.0. The molecular formula is C32H38FN3O6S. The highest BCUT2D eigenvalue weighted by molar-refractivity contribution is 7.92. The van der Waals surface area contributed by atoms with Gasteiger partial charge >= 0.3 is 0 Å². The summed E-state index contributed by atoms with van der Waals surface area (Å²) in [6.07, 6.45) is 4.93. The van der Waals surface area contributed by atoms with E-state index in [1.165, 1.54) is 37.3 Å². The molecule has 9 nitrogen and oxygen atoms in total. The second kappa shape index (κ2) is 14.4. The molecule has 0 unspecified atom stereocenters. The number of rotatable bonds is 13. The summed E-state index contributed by atoms with van der Waals surface area (Å²) in [6.45, 7) is -0.646. The molecular weight excluding hydrogens is 573 g/mol. The maximum atomic E-state index is 14.3. The topological polar surface area (TPSA) is 105 Å². The first-order chi connectivity index (χ1) is 20.6. The predicted molar refractivity (Wildman–Crippen MR) is 163 cm³/mol. The highest BCUT2D eigenvalue weighted by atomic mass is 32.2. The van der Waals surface area contributed by atoms with Crippen molar-refractivity contribution in [2.75, 3.05) is 31.3 Å². The monoisotopic (exact) mass is 611 g/mol. The van der Waals surface area contributed by atoms with Crippen LogP contribution in [0.1, 0.15) is 36.8 Å². The van der Waals surface area contributed by atoms with Gasteiger partial charge in [0.2, 0.25) is 21.8 Å². The lowest BCUT2D eigenvalue weighted by Crippen LogP contribution is -2.54. The number of ether oxygens (including phenoxy) is 2. The maximum absolute atomic E-state index is 14.3. The molecule has 0 aromatic heterocycles. The minimum atomic E-state index is -4.01. The number of carbonyl (C=O) groups is 2. The average molecular weight is 612 g/mol. The molecule has 1 saturated carbocycles. The van der Waals surface area contributed by atoms with Crippen LogP contribution in [-0.4, -0.2) is 64.2 Å². The summed E-state index contributed by atoms with van der Waals surface area (Å²) in [5, 5.41) is 3.12. The van der Waals surface area contributed by atoms with Gasteiger partial charge in [0.05, 0.1) is 26.2 Å². The minimum absolute atomic E-state index is 0.00195. The SMILES string of the molecule is COc1ccc(OC)c(N(CC(=O)N(Cc2ccc(F)cc2)[C@H](Cc2ccccc2)C(=O)NC2CCCC2)S(C)(=O)=O)c1. The van der Waals surface area contributed by atoms with Gasteiger partial charge in [0.25, 0.3) is 0 Å². The number of carbonyl (C=O) groups excluding carboxylic acids is 2. The van der Waals surface area contributed by atoms with E-state index in [-0.39, 0.29) is 36.4 Å². The molecule has 3 aromatic carbocycles. The van der Waals surface area contributed by atoms with E-state index in [0.29, 0.717) is 11.3 Å². The Labute approximate surface area is 252 Å². The Bertz CT molecular complexity index is 1500. The smallest absolute Gasteiger partial charge is 0.244 e. The maximum Gasteiger partial charge on any atom is 0.244 e. The molecule has 0 radical (unpaired) electrons. The summed E-state index contributed by atoms with van der Waals surface area (Å²) in [4.78, 5) is 29.5. The van der Waals surface area contributed by atoms with Crippen LogP contribution in [0.25, 0.3) is 0 Å². The van der Waals surface area contributed by atoms with Gasteiger partial charge in [0, 0.05) is 25.1 Å². The molecule has 3 aromatic rings. The standard InChI is InChI=1S/C32H38FN3O6S/c1-41-27-17-18-30(42-2)28(20-27)36(43(3,39)40)22-31(37)35(21-24-13-15-25(33)16-14-24)29(19-23-9-5-4-6-10-23)32(38)34-26-11-7-8-12-26/h4-6,9-10,13-18,20,26,29H,7-8,11-12,19,21-22H2,1-3H3,(H,34,38)/t29-/m1/s1. The molecule has 1 atom stereocenters. The van der Waals surface area contributed by atoms with Crippen LogP contribution in [0, 0.1) is 5.82 Å². The van der Waals surface area contributed by atoms with E-state index >= 15 is 0 Å². The molecule has 0 spiro atoms. The van der Waals surface area contributed by atoms with Crippen LogP contribution >= 0.6 is 0 Å². The van der Waals surface area contributed by atoms with Gasteiger partial charge in [-0.05, 0) is 48.2 Å². The molecule has 4 rings (SSSR count). The fourth-order valence-electron chi connectivity index (χ4n) is 5.29. The van der Waals surface area contributed by atoms with Crippen LogP contribution in [0.15, 0.2) is 72.8 Å². The van der Waals surface area contributed by atoms with E-state index < -0.39 is 34.3 Å². The molecule has 11 heteroatoms. The van der Waals surface area contributed by atoms with Gasteiger partial charge in [-0.1, -0.05) is 55.3 Å². The van der Waals surface area contributed by atoms with Crippen molar-refractivity contribution in [3.63, 3.8) is 0 Å². The number of nitrogens with zero attached hydrogens (tertiary/aromatic N) is 2. The highest BCUT2D eigenvalue weighted by Gasteiger charge is 2.35. The van der Waals surface area contributed by atoms with Crippen molar-refractivity contribution in [2.24, 2.45) is 0 Å². The van der Waals surface area contributed by atoms with Crippen molar-refractivity contribution >= 4 is 27.5 Å². The number of benzene rings is 3. The number of sulfonamides is 1. The Morgan fingerprint density at radius 1 is 0.953 bits per heavy atom. The van der Waals surface area contributed by atoms with Gasteiger partial charge in [-0.2, -0.15) is 0 Å². The Kier molecular flexibility index (Phi) is 10.6. The van der Waals surface area contributed by atoms with Crippen LogP contribution in [0.2, 0.25) is 0 Å². The van der Waals surface area contributed by atoms with E-state index in [1.807, 2.05) is 30.3 Å². The Hall–Kier alpha value is -4.12. The van der Waals surface area contributed by atoms with Crippen molar-refractivity contribution in [1.29, 1.82) is 0 Å². The van der Waals surface area contributed by atoms with Gasteiger partial charge in [-0.15, -0.1) is 0 Å². The first kappa shape index (κ1) is 31.8. The third-order valence-corrected chi connectivity index (χ3v) is 8.70. The largest absolute Gasteiger partial charge is 0.497 e. The van der Waals surface area contributed by atoms with E-state index in [4.69, 9.17) is 9.47 Å². The molecule has 1 aliphatic rings. The number of methoxy groups -OCH3 is 2. The zero-order valence-electron chi connectivity index (χ0n) is 24.7. The number of halogens is 1. The third-order valence-electron chi connectivity index (χ3n) is 7.57. The van der Waals surface area contributed by atoms with Crippen LogP contribution in [0.5, 0.6) is 11.5 Å². The molecule has 43 heavy (non-hydrogen) atoms. The zero-order valence-corrected chi connectivity index (χ0v) is 25.5. The zero-order chi connectivity index (χ0) is 31.0. The number of hydrogen-bond acceptors (Lipinski definition) is 6. The summed E-state index contributed by atoms with van der Waals surface area (Å²) in [5.41, 5.74) is 1.54. The van der Waals surface area contributed by atoms with E-state index in [2.05, 4.69) is 5.32 Å². The van der Waals surface area contributed by atoms with E-state index in [0.717, 1.165) is 41.8 Å². The molecule has 230 valence electrons. The lowest BCUT2D eigenvalue weighted by Gasteiger charge is -2.34. The van der Waals surface area contributed by atoms with Gasteiger partial charge in [-0.25, -0.2) is 12.8 Å². The summed E-state index contributed by atoms with van der Waals surface area (Å²) < 4.78 is 51.7. The van der Waals surface area contributed by atoms with Crippen molar-refractivity contribution in [2.45, 2.75) is 50.7 Å². The third kappa shape index (κ3) is 8.47. The first-order valence-electron chi connectivity index (χ1n) is 14.2. The van der Waals surface area contributed by atoms with Crippen LogP contribution in [-0.2, 0) is 32.6 Å². The fourth-order valence-corrected chi connectivity index (χ4v) is 6.14. The van der Waals surface area contributed by atoms with Gasteiger partial charge in [0.1, 0.15) is 29.9 Å². The summed E-state index contributed by atoms with van der Waals surface area (Å²) in [5.74, 6) is -0.769. The fraction of sp³-hybridized carbons (Fsp3) is 0.375. The van der Waals surface area contributed by atoms with Crippen LogP contribution in [0.3, 0.4) is 0 Å². The summed E-state index contributed by atoms with van der Waals surface area (Å²) in [7, 11) is -1.16. The van der Waals surface area contributed by atoms with Gasteiger partial charge < -0.3 is 19.7 Å². The number of hydrogen-bond donors (Lipinski definition) is 1. The quantitative estimate of drug-likeness (QED) is 0.309. The predicted octanol–water partition coefficient (Wildman–Crippen LogP) is 4.31. The number of amides is 2. The second-order valence-electron chi connectivity index (χ2n) is 10.7. The van der Waals surface area contributed by atoms with Crippen molar-refractivity contribution in [3.8, 4) is 11.5 Å². The van der Waals surface area contributed by atoms with Gasteiger partial charge in [0.15, 0.2) is 0 Å².